The quantitative estimate of drug-likeness (QED) is 0.231. The van der Waals surface area contributed by atoms with Crippen LogP contribution in [0.15, 0.2) is 97.1 Å². The highest BCUT2D eigenvalue weighted by atomic mass is 16.2. The van der Waals surface area contributed by atoms with Crippen LogP contribution in [0, 0.1) is 47.0 Å². The maximum Gasteiger partial charge on any atom is 0.230 e. The molecule has 1 N–H and O–H groups in total. The number of aromatic nitrogens is 1. The molecule has 0 aliphatic rings. The van der Waals surface area contributed by atoms with Crippen LogP contribution in [0.2, 0.25) is 0 Å². The van der Waals surface area contributed by atoms with Crippen LogP contribution in [0.25, 0.3) is 0 Å². The molecule has 4 heteroatoms. The van der Waals surface area contributed by atoms with Crippen molar-refractivity contribution < 1.29 is 6.22 Å². The molecule has 3 nitrogen and oxygen atoms in total. The summed E-state index contributed by atoms with van der Waals surface area (Å²) in [5.41, 5.74) is 7.22. The van der Waals surface area contributed by atoms with Crippen LogP contribution in [-0.2, 0) is 4.79 Å². The normalized spacial score (nSPS) is 9.12. The Morgan fingerprint density at radius 2 is 1.00 bits per heavy atom. The first-order valence-corrected chi connectivity index (χ1v) is 14.1. The Bertz CT molecular complexity index is 1140. The molecule has 0 spiro atoms. The van der Waals surface area contributed by atoms with Crippen molar-refractivity contribution in [1.82, 2.24) is 4.98 Å². The molecule has 0 aliphatic carbocycles. The number of anilines is 1. The number of rotatable bonds is 1. The molecule has 3 radical (unpaired) electrons. The summed E-state index contributed by atoms with van der Waals surface area (Å²) in [5.74, 6) is 0.598. The minimum Gasteiger partial charge on any atom is -0.310 e. The molecular weight excluding hydrogens is 511 g/mol. The summed E-state index contributed by atoms with van der Waals surface area (Å²) in [6.45, 7) is 22.3. The van der Waals surface area contributed by atoms with E-state index in [-0.39, 0.29) is 28.6 Å². The lowest BCUT2D eigenvalue weighted by atomic mass is 9.96. The lowest BCUT2D eigenvalue weighted by Crippen LogP contribution is -2.28. The Kier molecular flexibility index (Phi) is 24.5. The van der Waals surface area contributed by atoms with E-state index in [1.54, 1.807) is 6.07 Å². The van der Waals surface area contributed by atoms with Crippen molar-refractivity contribution >= 4 is 20.1 Å². The first-order valence-electron chi connectivity index (χ1n) is 14.1. The van der Waals surface area contributed by atoms with Crippen molar-refractivity contribution in [2.75, 3.05) is 5.32 Å². The van der Waals surface area contributed by atoms with Gasteiger partial charge in [-0.05, 0) is 53.7 Å². The van der Waals surface area contributed by atoms with Crippen LogP contribution < -0.4 is 5.32 Å². The number of pyridine rings is 1. The van der Waals surface area contributed by atoms with Crippen molar-refractivity contribution in [2.45, 2.75) is 90.0 Å². The minimum atomic E-state index is -0.384. The molecule has 0 atom stereocenters. The highest BCUT2D eigenvalue weighted by Gasteiger charge is 2.21. The summed E-state index contributed by atoms with van der Waals surface area (Å²) in [4.78, 5) is 15.8. The zero-order valence-corrected chi connectivity index (χ0v) is 27.4. The summed E-state index contributed by atoms with van der Waals surface area (Å²) >= 11 is 0. The van der Waals surface area contributed by atoms with Gasteiger partial charge in [0.2, 0.25) is 5.91 Å². The van der Waals surface area contributed by atoms with Gasteiger partial charge in [-0.1, -0.05) is 161 Å². The largest absolute Gasteiger partial charge is 0.310 e. The van der Waals surface area contributed by atoms with E-state index in [0.29, 0.717) is 5.82 Å². The van der Waals surface area contributed by atoms with Gasteiger partial charge in [0.15, 0.2) is 0 Å². The number of carbonyl (C=O) groups excluding carboxylic acids is 1. The van der Waals surface area contributed by atoms with Crippen molar-refractivity contribution in [3.63, 3.8) is 0 Å². The van der Waals surface area contributed by atoms with Gasteiger partial charge in [0, 0.05) is 20.9 Å². The maximum atomic E-state index is 11.6. The van der Waals surface area contributed by atoms with E-state index in [4.69, 9.17) is 0 Å². The van der Waals surface area contributed by atoms with Crippen molar-refractivity contribution in [3.8, 4) is 0 Å². The van der Waals surface area contributed by atoms with Crippen LogP contribution in [0.3, 0.4) is 0 Å². The van der Waals surface area contributed by atoms with Crippen molar-refractivity contribution in [2.24, 2.45) is 5.41 Å². The third kappa shape index (κ3) is 23.1. The van der Waals surface area contributed by atoms with E-state index in [9.17, 15) is 4.79 Å². The zero-order valence-electron chi connectivity index (χ0n) is 27.4. The van der Waals surface area contributed by atoms with Gasteiger partial charge in [-0.3, -0.25) is 4.79 Å². The molecule has 229 valence electrons. The Hall–Kier alpha value is -3.66. The average Bonchev–Trinajstić information content (AvgIpc) is 2.85. The Balaban J connectivity index is -0.000000231. The molecule has 0 saturated heterocycles. The van der Waals surface area contributed by atoms with Crippen molar-refractivity contribution in [1.29, 1.82) is 0 Å². The van der Waals surface area contributed by atoms with Gasteiger partial charge in [0.25, 0.3) is 0 Å². The first kappa shape index (κ1) is 42.8. The highest BCUT2D eigenvalue weighted by molar-refractivity contribution is 5.93. The fourth-order valence-electron chi connectivity index (χ4n) is 3.19. The van der Waals surface area contributed by atoms with E-state index < -0.39 is 0 Å². The van der Waals surface area contributed by atoms with Crippen molar-refractivity contribution in [3.05, 3.63) is 131 Å². The predicted molar refractivity (Wildman–Crippen MR) is 191 cm³/mol. The summed E-state index contributed by atoms with van der Waals surface area (Å²) in [7, 11) is 0. The van der Waals surface area contributed by atoms with Gasteiger partial charge in [-0.25, -0.2) is 4.98 Å². The van der Waals surface area contributed by atoms with E-state index in [1.807, 2.05) is 76.2 Å². The van der Waals surface area contributed by atoms with E-state index in [0.717, 1.165) is 5.69 Å². The number of carbonyl (C=O) groups is 1. The zero-order chi connectivity index (χ0) is 30.6. The topological polar surface area (TPSA) is 42.0 Å². The summed E-state index contributed by atoms with van der Waals surface area (Å²) < 4.78 is 0. The predicted octanol–water partition coefficient (Wildman–Crippen LogP) is 10.9. The molecule has 4 rings (SSSR count). The number of hydrogen-bond acceptors (Lipinski definition) is 2. The Morgan fingerprint density at radius 3 is 1.26 bits per heavy atom. The minimum absolute atomic E-state index is 0. The fraction of sp³-hybridized carbons (Fsp3) is 0.368. The smallest absolute Gasteiger partial charge is 0.230 e. The molecule has 42 heavy (non-hydrogen) atoms. The third-order valence-corrected chi connectivity index (χ3v) is 5.06. The first-order chi connectivity index (χ1) is 18.8. The number of amides is 1. The summed E-state index contributed by atoms with van der Waals surface area (Å²) in [6, 6.07) is 32.6. The second-order valence-corrected chi connectivity index (χ2v) is 11.0. The lowest BCUT2D eigenvalue weighted by Gasteiger charge is -2.17. The lowest BCUT2D eigenvalue weighted by molar-refractivity contribution is -0.123. The number of nitrogens with zero attached hydrogens (tertiary/aromatic N) is 1. The van der Waals surface area contributed by atoms with Crippen LogP contribution in [-0.4, -0.2) is 19.3 Å². The van der Waals surface area contributed by atoms with Gasteiger partial charge in [0.1, 0.15) is 5.82 Å². The molecule has 0 saturated carbocycles. The Labute approximate surface area is 262 Å². The molecule has 1 heterocycles. The standard InChI is InChI=1S/C11H16N2O.C9H12.2C7H8.C3H8.CH4.B.H2/c1-8-6-5-7-9(12-8)13-10(14)11(2,3)4;1-7-4-8(2)6-9(3)5-7;2*1-7-5-3-2-4-6-7;1-3-2;;;/h5-7H,1-4H3,(H,12,13,14);4-6H,1-3H3;2*2-6H,1H3;3H2,1-2H3;1H4;;1H/i;;;;;;;1+1. The van der Waals surface area contributed by atoms with Gasteiger partial charge < -0.3 is 5.32 Å². The molecule has 1 amide bonds. The van der Waals surface area contributed by atoms with Gasteiger partial charge in [0.05, 0.1) is 0 Å². The number of nitrogens with one attached hydrogen (secondary N) is 1. The van der Waals surface area contributed by atoms with E-state index in [1.165, 1.54) is 34.2 Å². The summed E-state index contributed by atoms with van der Waals surface area (Å²) in [5, 5.41) is 2.77. The molecule has 0 bridgehead atoms. The third-order valence-electron chi connectivity index (χ3n) is 5.06. The van der Waals surface area contributed by atoms with E-state index >= 15 is 0 Å². The Morgan fingerprint density at radius 1 is 0.643 bits per heavy atom. The van der Waals surface area contributed by atoms with Gasteiger partial charge in [-0.2, -0.15) is 0 Å². The highest BCUT2D eigenvalue weighted by Crippen LogP contribution is 2.16. The monoisotopic (exact) mass is 570 g/mol. The van der Waals surface area contributed by atoms with Gasteiger partial charge in [-0.15, -0.1) is 0 Å². The number of aryl methyl sites for hydroxylation is 6. The molecule has 0 fully saturated rings. The SMILES string of the molecule is C.CCC.Cc1cc(C)cc(C)c1.Cc1cccc(NC(=O)C(C)(C)C)n1.Cc1ccccc1.Cc1ccccc1.[2HH].[B]. The van der Waals surface area contributed by atoms with Crippen LogP contribution in [0.5, 0.6) is 0 Å². The molecule has 1 aromatic heterocycles. The second kappa shape index (κ2) is 24.0. The summed E-state index contributed by atoms with van der Waals surface area (Å²) in [6.07, 6.45) is 1.25. The van der Waals surface area contributed by atoms with E-state index in [2.05, 4.69) is 101 Å². The molecule has 4 aromatic rings. The molecular formula is C38H58BN2O. The average molecular weight is 571 g/mol. The maximum absolute atomic E-state index is 11.6. The van der Waals surface area contributed by atoms with Crippen LogP contribution in [0.4, 0.5) is 5.82 Å². The van der Waals surface area contributed by atoms with Crippen LogP contribution in [0.1, 0.15) is 83.4 Å². The fourth-order valence-corrected chi connectivity index (χ4v) is 3.19. The molecule has 0 aliphatic heterocycles. The second-order valence-electron chi connectivity index (χ2n) is 11.0. The number of benzene rings is 3. The molecule has 0 unspecified atom stereocenters. The van der Waals surface area contributed by atoms with Gasteiger partial charge >= 0.3 is 0 Å². The number of hydrogen-bond donors (Lipinski definition) is 1. The van der Waals surface area contributed by atoms with Crippen LogP contribution >= 0.6 is 0 Å². The molecule has 3 aromatic carbocycles.